The van der Waals surface area contributed by atoms with Crippen LogP contribution in [0.4, 0.5) is 14.9 Å². The molecular weight excluding hydrogens is 245 g/mol. The van der Waals surface area contributed by atoms with Gasteiger partial charge in [0, 0.05) is 11.9 Å². The van der Waals surface area contributed by atoms with Gasteiger partial charge in [-0.2, -0.15) is 0 Å². The molecule has 5 heteroatoms. The van der Waals surface area contributed by atoms with E-state index < -0.39 is 11.8 Å². The van der Waals surface area contributed by atoms with E-state index in [0.717, 1.165) is 5.69 Å². The zero-order valence-corrected chi connectivity index (χ0v) is 10.4. The van der Waals surface area contributed by atoms with E-state index in [1.165, 1.54) is 18.2 Å². The number of urea groups is 1. The quantitative estimate of drug-likeness (QED) is 0.889. The van der Waals surface area contributed by atoms with Gasteiger partial charge in [0.25, 0.3) is 0 Å². The summed E-state index contributed by atoms with van der Waals surface area (Å²) in [4.78, 5) is 15.9. The lowest BCUT2D eigenvalue weighted by molar-refractivity contribution is 0.249. The van der Waals surface area contributed by atoms with Crippen LogP contribution in [0.5, 0.6) is 0 Å². The molecule has 0 spiro atoms. The van der Waals surface area contributed by atoms with Crippen molar-refractivity contribution in [1.82, 2.24) is 10.3 Å². The number of nitrogens with zero attached hydrogens (tertiary/aromatic N) is 1. The third-order valence-electron chi connectivity index (χ3n) is 2.56. The van der Waals surface area contributed by atoms with Crippen molar-refractivity contribution >= 4 is 11.7 Å². The van der Waals surface area contributed by atoms with E-state index in [4.69, 9.17) is 0 Å². The Morgan fingerprint density at radius 3 is 2.79 bits per heavy atom. The van der Waals surface area contributed by atoms with E-state index in [9.17, 15) is 9.18 Å². The van der Waals surface area contributed by atoms with E-state index >= 15 is 0 Å². The van der Waals surface area contributed by atoms with E-state index in [-0.39, 0.29) is 6.04 Å². The maximum atomic E-state index is 13.0. The highest BCUT2D eigenvalue weighted by molar-refractivity contribution is 5.89. The molecule has 0 saturated carbocycles. The summed E-state index contributed by atoms with van der Waals surface area (Å²) in [6, 6.07) is 10.6. The molecule has 4 nitrogen and oxygen atoms in total. The molecule has 1 aromatic carbocycles. The smallest absolute Gasteiger partial charge is 0.319 e. The Labute approximate surface area is 110 Å². The van der Waals surface area contributed by atoms with Crippen LogP contribution in [0.15, 0.2) is 48.7 Å². The van der Waals surface area contributed by atoms with E-state index in [1.807, 2.05) is 25.1 Å². The highest BCUT2D eigenvalue weighted by atomic mass is 19.1. The second kappa shape index (κ2) is 5.95. The number of hydrogen-bond acceptors (Lipinski definition) is 2. The van der Waals surface area contributed by atoms with Crippen molar-refractivity contribution in [3.05, 3.63) is 60.2 Å². The van der Waals surface area contributed by atoms with Gasteiger partial charge in [0.2, 0.25) is 0 Å². The summed E-state index contributed by atoms with van der Waals surface area (Å²) in [5.41, 5.74) is 1.17. The predicted molar refractivity (Wildman–Crippen MR) is 71.2 cm³/mol. The lowest BCUT2D eigenvalue weighted by Crippen LogP contribution is -2.31. The summed E-state index contributed by atoms with van der Waals surface area (Å²) in [5, 5.41) is 5.29. The second-order valence-corrected chi connectivity index (χ2v) is 4.09. The Morgan fingerprint density at radius 2 is 2.11 bits per heavy atom. The molecule has 2 N–H and O–H groups in total. The van der Waals surface area contributed by atoms with Gasteiger partial charge in [-0.25, -0.2) is 9.18 Å². The van der Waals surface area contributed by atoms with Crippen molar-refractivity contribution < 1.29 is 9.18 Å². The number of anilines is 1. The van der Waals surface area contributed by atoms with Gasteiger partial charge in [-0.05, 0) is 37.3 Å². The highest BCUT2D eigenvalue weighted by Crippen LogP contribution is 2.11. The van der Waals surface area contributed by atoms with Gasteiger partial charge >= 0.3 is 6.03 Å². The maximum Gasteiger partial charge on any atom is 0.319 e. The van der Waals surface area contributed by atoms with Crippen LogP contribution in [0.2, 0.25) is 0 Å². The first-order valence-electron chi connectivity index (χ1n) is 5.89. The van der Waals surface area contributed by atoms with Crippen molar-refractivity contribution in [3.8, 4) is 0 Å². The molecule has 2 rings (SSSR count). The molecule has 1 heterocycles. The zero-order valence-electron chi connectivity index (χ0n) is 10.4. The van der Waals surface area contributed by atoms with Crippen LogP contribution in [0.3, 0.4) is 0 Å². The number of halogens is 1. The van der Waals surface area contributed by atoms with Crippen molar-refractivity contribution in [1.29, 1.82) is 0 Å². The summed E-state index contributed by atoms with van der Waals surface area (Å²) in [6.45, 7) is 1.83. The number of amides is 2. The number of carbonyl (C=O) groups excluding carboxylic acids is 1. The van der Waals surface area contributed by atoms with Crippen molar-refractivity contribution in [3.63, 3.8) is 0 Å². The molecule has 19 heavy (non-hydrogen) atoms. The number of hydrogen-bond donors (Lipinski definition) is 2. The fraction of sp³-hybridized carbons (Fsp3) is 0.143. The van der Waals surface area contributed by atoms with Crippen molar-refractivity contribution in [2.24, 2.45) is 0 Å². The summed E-state index contributed by atoms with van der Waals surface area (Å²) in [6.07, 6.45) is 1.66. The minimum Gasteiger partial charge on any atom is -0.330 e. The van der Waals surface area contributed by atoms with Crippen LogP contribution in [-0.4, -0.2) is 11.0 Å². The van der Waals surface area contributed by atoms with E-state index in [2.05, 4.69) is 15.6 Å². The monoisotopic (exact) mass is 259 g/mol. The zero-order chi connectivity index (χ0) is 13.7. The Bertz CT molecular complexity index is 560. The van der Waals surface area contributed by atoms with Gasteiger partial charge < -0.3 is 10.6 Å². The molecule has 0 unspecified atom stereocenters. The molecular formula is C14H14FN3O. The Balaban J connectivity index is 1.95. The molecule has 0 bridgehead atoms. The van der Waals surface area contributed by atoms with Crippen molar-refractivity contribution in [2.75, 3.05) is 5.32 Å². The second-order valence-electron chi connectivity index (χ2n) is 4.09. The number of rotatable bonds is 3. The molecule has 0 aliphatic carbocycles. The standard InChI is InChI=1S/C14H14FN3O/c1-10(13-7-2-3-8-16-13)17-14(19)18-12-6-4-5-11(15)9-12/h2-10H,1H3,(H2,17,18,19)/t10-/m1/s1. The minimum absolute atomic E-state index is 0.227. The maximum absolute atomic E-state index is 13.0. The molecule has 0 aliphatic rings. The van der Waals surface area contributed by atoms with Crippen LogP contribution >= 0.6 is 0 Å². The van der Waals surface area contributed by atoms with Crippen LogP contribution in [-0.2, 0) is 0 Å². The van der Waals surface area contributed by atoms with Crippen LogP contribution < -0.4 is 10.6 Å². The molecule has 98 valence electrons. The summed E-state index contributed by atoms with van der Waals surface area (Å²) in [5.74, 6) is -0.393. The number of aromatic nitrogens is 1. The Hall–Kier alpha value is -2.43. The number of carbonyl (C=O) groups is 1. The lowest BCUT2D eigenvalue weighted by atomic mass is 10.2. The van der Waals surface area contributed by atoms with Gasteiger partial charge in [-0.3, -0.25) is 4.98 Å². The van der Waals surface area contributed by atoms with Gasteiger partial charge in [0.15, 0.2) is 0 Å². The molecule has 0 radical (unpaired) electrons. The first-order chi connectivity index (χ1) is 9.15. The van der Waals surface area contributed by atoms with Gasteiger partial charge in [0.1, 0.15) is 5.82 Å². The van der Waals surface area contributed by atoms with Crippen molar-refractivity contribution in [2.45, 2.75) is 13.0 Å². The normalized spacial score (nSPS) is 11.7. The predicted octanol–water partition coefficient (Wildman–Crippen LogP) is 3.10. The fourth-order valence-corrected chi connectivity index (χ4v) is 1.64. The number of benzene rings is 1. The molecule has 0 aliphatic heterocycles. The summed E-state index contributed by atoms with van der Waals surface area (Å²) >= 11 is 0. The molecule has 0 saturated heterocycles. The van der Waals surface area contributed by atoms with E-state index in [1.54, 1.807) is 12.3 Å². The first-order valence-corrected chi connectivity index (χ1v) is 5.89. The molecule has 0 fully saturated rings. The van der Waals surface area contributed by atoms with Gasteiger partial charge in [-0.1, -0.05) is 12.1 Å². The highest BCUT2D eigenvalue weighted by Gasteiger charge is 2.10. The third-order valence-corrected chi connectivity index (χ3v) is 2.56. The average molecular weight is 259 g/mol. The van der Waals surface area contributed by atoms with Crippen LogP contribution in [0.1, 0.15) is 18.7 Å². The Kier molecular flexibility index (Phi) is 4.07. The third kappa shape index (κ3) is 3.77. The minimum atomic E-state index is -0.399. The lowest BCUT2D eigenvalue weighted by Gasteiger charge is -2.14. The fourth-order valence-electron chi connectivity index (χ4n) is 1.64. The van der Waals surface area contributed by atoms with Crippen LogP contribution in [0.25, 0.3) is 0 Å². The molecule has 1 aromatic heterocycles. The summed E-state index contributed by atoms with van der Waals surface area (Å²) in [7, 11) is 0. The summed E-state index contributed by atoms with van der Waals surface area (Å²) < 4.78 is 13.0. The number of nitrogens with one attached hydrogen (secondary N) is 2. The van der Waals surface area contributed by atoms with Crippen LogP contribution in [0, 0.1) is 5.82 Å². The topological polar surface area (TPSA) is 54.0 Å². The van der Waals surface area contributed by atoms with E-state index in [0.29, 0.717) is 5.69 Å². The van der Waals surface area contributed by atoms with Gasteiger partial charge in [-0.15, -0.1) is 0 Å². The molecule has 2 amide bonds. The average Bonchev–Trinajstić information content (AvgIpc) is 2.39. The molecule has 1 atom stereocenters. The number of pyridine rings is 1. The molecule has 2 aromatic rings. The first kappa shape index (κ1) is 13.0. The largest absolute Gasteiger partial charge is 0.330 e. The Morgan fingerprint density at radius 1 is 1.26 bits per heavy atom. The SMILES string of the molecule is C[C@@H](NC(=O)Nc1cccc(F)c1)c1ccccn1. The van der Waals surface area contributed by atoms with Gasteiger partial charge in [0.05, 0.1) is 11.7 Å².